The van der Waals surface area contributed by atoms with Gasteiger partial charge in [-0.3, -0.25) is 9.59 Å². The van der Waals surface area contributed by atoms with Crippen molar-refractivity contribution in [3.8, 4) is 0 Å². The lowest BCUT2D eigenvalue weighted by molar-refractivity contribution is -0.143. The summed E-state index contributed by atoms with van der Waals surface area (Å²) in [5.41, 5.74) is 0. The molecule has 0 spiro atoms. The SMILES string of the molecule is CCCCCCCCCCCCCCCCCCCCC(O)C(CO)NC(=O)CCCCCCCCCCCCCCCCCCC/C=C\CCCCCCCCCCCCCCCCCCOC(=O)CCCCCCCCCCCCCCC. The minimum Gasteiger partial charge on any atom is -0.466 e. The molecule has 6 nitrogen and oxygen atoms in total. The zero-order valence-electron chi connectivity index (χ0n) is 58.1. The van der Waals surface area contributed by atoms with Gasteiger partial charge in [-0.2, -0.15) is 0 Å². The topological polar surface area (TPSA) is 95.9 Å². The lowest BCUT2D eigenvalue weighted by Gasteiger charge is -2.22. The van der Waals surface area contributed by atoms with Gasteiger partial charge in [0.1, 0.15) is 0 Å². The maximum absolute atomic E-state index is 12.5. The first-order valence-electron chi connectivity index (χ1n) is 39.4. The molecule has 0 rings (SSSR count). The van der Waals surface area contributed by atoms with Gasteiger partial charge < -0.3 is 20.3 Å². The number of carbonyl (C=O) groups is 2. The van der Waals surface area contributed by atoms with E-state index in [1.807, 2.05) is 0 Å². The summed E-state index contributed by atoms with van der Waals surface area (Å²) in [6.07, 6.45) is 94.5. The summed E-state index contributed by atoms with van der Waals surface area (Å²) in [5.74, 6) is -0.00200. The monoisotopic (exact) mass is 1200 g/mol. The fourth-order valence-corrected chi connectivity index (χ4v) is 12.8. The molecule has 0 saturated heterocycles. The Balaban J connectivity index is 3.32. The molecule has 0 aliphatic heterocycles. The minimum absolute atomic E-state index is 0.0241. The zero-order chi connectivity index (χ0) is 61.3. The van der Waals surface area contributed by atoms with Crippen LogP contribution in [0.1, 0.15) is 457 Å². The molecule has 0 radical (unpaired) electrons. The second kappa shape index (κ2) is 75.1. The highest BCUT2D eigenvalue weighted by molar-refractivity contribution is 5.76. The summed E-state index contributed by atoms with van der Waals surface area (Å²) in [4.78, 5) is 24.6. The number of rotatable bonds is 75. The van der Waals surface area contributed by atoms with E-state index in [9.17, 15) is 19.8 Å². The number of carbonyl (C=O) groups excluding carboxylic acids is 2. The Kier molecular flexibility index (Phi) is 73.8. The molecular formula is C79H155NO5. The molecule has 0 aromatic heterocycles. The van der Waals surface area contributed by atoms with Gasteiger partial charge >= 0.3 is 5.97 Å². The Morgan fingerprint density at radius 3 is 0.835 bits per heavy atom. The Morgan fingerprint density at radius 2 is 0.553 bits per heavy atom. The molecule has 0 aromatic carbocycles. The largest absolute Gasteiger partial charge is 0.466 e. The number of ether oxygens (including phenoxy) is 1. The molecule has 0 aliphatic carbocycles. The molecule has 0 heterocycles. The summed E-state index contributed by atoms with van der Waals surface area (Å²) in [5, 5.41) is 23.4. The number of hydrogen-bond acceptors (Lipinski definition) is 5. The Morgan fingerprint density at radius 1 is 0.318 bits per heavy atom. The van der Waals surface area contributed by atoms with E-state index in [4.69, 9.17) is 4.74 Å². The van der Waals surface area contributed by atoms with E-state index in [1.54, 1.807) is 0 Å². The van der Waals surface area contributed by atoms with Gasteiger partial charge in [0.05, 0.1) is 25.4 Å². The number of nitrogens with one attached hydrogen (secondary N) is 1. The van der Waals surface area contributed by atoms with Crippen molar-refractivity contribution in [2.75, 3.05) is 13.2 Å². The summed E-state index contributed by atoms with van der Waals surface area (Å²) < 4.78 is 5.50. The van der Waals surface area contributed by atoms with Crippen LogP contribution in [0.25, 0.3) is 0 Å². The van der Waals surface area contributed by atoms with Crippen molar-refractivity contribution in [1.82, 2.24) is 5.32 Å². The fraction of sp³-hybridized carbons (Fsp3) is 0.949. The minimum atomic E-state index is -0.661. The average molecular weight is 1200 g/mol. The number of amides is 1. The van der Waals surface area contributed by atoms with Gasteiger partial charge in [-0.25, -0.2) is 0 Å². The molecule has 0 aliphatic rings. The highest BCUT2D eigenvalue weighted by Gasteiger charge is 2.20. The van der Waals surface area contributed by atoms with E-state index in [0.29, 0.717) is 25.9 Å². The van der Waals surface area contributed by atoms with E-state index in [-0.39, 0.29) is 18.5 Å². The van der Waals surface area contributed by atoms with Crippen LogP contribution >= 0.6 is 0 Å². The molecular weight excluding hydrogens is 1040 g/mol. The van der Waals surface area contributed by atoms with E-state index < -0.39 is 12.1 Å². The van der Waals surface area contributed by atoms with Crippen molar-refractivity contribution in [1.29, 1.82) is 0 Å². The summed E-state index contributed by atoms with van der Waals surface area (Å²) >= 11 is 0. The van der Waals surface area contributed by atoms with Crippen LogP contribution in [0.15, 0.2) is 12.2 Å². The van der Waals surface area contributed by atoms with Crippen molar-refractivity contribution in [2.24, 2.45) is 0 Å². The van der Waals surface area contributed by atoms with Crippen LogP contribution in [0.3, 0.4) is 0 Å². The zero-order valence-corrected chi connectivity index (χ0v) is 58.1. The molecule has 6 heteroatoms. The van der Waals surface area contributed by atoms with Crippen molar-refractivity contribution >= 4 is 11.9 Å². The van der Waals surface area contributed by atoms with Crippen LogP contribution in [0, 0.1) is 0 Å². The normalized spacial score (nSPS) is 12.5. The maximum atomic E-state index is 12.5. The summed E-state index contributed by atoms with van der Waals surface area (Å²) in [7, 11) is 0. The molecule has 85 heavy (non-hydrogen) atoms. The van der Waals surface area contributed by atoms with Crippen molar-refractivity contribution in [3.63, 3.8) is 0 Å². The number of aliphatic hydroxyl groups is 2. The van der Waals surface area contributed by atoms with Gasteiger partial charge in [-0.15, -0.1) is 0 Å². The third-order valence-electron chi connectivity index (χ3n) is 18.8. The molecule has 0 saturated carbocycles. The predicted molar refractivity (Wildman–Crippen MR) is 375 cm³/mol. The third-order valence-corrected chi connectivity index (χ3v) is 18.8. The molecule has 2 unspecified atom stereocenters. The number of unbranched alkanes of at least 4 members (excludes halogenated alkanes) is 62. The number of hydrogen-bond donors (Lipinski definition) is 3. The second-order valence-electron chi connectivity index (χ2n) is 27.4. The maximum Gasteiger partial charge on any atom is 0.305 e. The third kappa shape index (κ3) is 71.6. The highest BCUT2D eigenvalue weighted by atomic mass is 16.5. The summed E-state index contributed by atoms with van der Waals surface area (Å²) in [6.45, 7) is 5.01. The number of esters is 1. The van der Waals surface area contributed by atoms with Crippen LogP contribution in [-0.2, 0) is 14.3 Å². The van der Waals surface area contributed by atoms with Gasteiger partial charge in [-0.1, -0.05) is 405 Å². The average Bonchev–Trinajstić information content (AvgIpc) is 3.54. The van der Waals surface area contributed by atoms with Crippen molar-refractivity contribution < 1.29 is 24.5 Å². The molecule has 1 amide bonds. The van der Waals surface area contributed by atoms with Gasteiger partial charge in [0.25, 0.3) is 0 Å². The van der Waals surface area contributed by atoms with Crippen LogP contribution < -0.4 is 5.32 Å². The first kappa shape index (κ1) is 83.6. The fourth-order valence-electron chi connectivity index (χ4n) is 12.8. The molecule has 0 aromatic rings. The second-order valence-corrected chi connectivity index (χ2v) is 27.4. The van der Waals surface area contributed by atoms with Crippen molar-refractivity contribution in [3.05, 3.63) is 12.2 Å². The number of aliphatic hydroxyl groups excluding tert-OH is 2. The van der Waals surface area contributed by atoms with Gasteiger partial charge in [0.15, 0.2) is 0 Å². The van der Waals surface area contributed by atoms with E-state index >= 15 is 0 Å². The van der Waals surface area contributed by atoms with Crippen LogP contribution in [0.2, 0.25) is 0 Å². The first-order chi connectivity index (χ1) is 42.0. The van der Waals surface area contributed by atoms with E-state index in [2.05, 4.69) is 31.3 Å². The molecule has 2 atom stereocenters. The molecule has 3 N–H and O–H groups in total. The Labute approximate surface area is 533 Å². The van der Waals surface area contributed by atoms with Crippen LogP contribution in [0.4, 0.5) is 0 Å². The Bertz CT molecular complexity index is 1290. The first-order valence-corrected chi connectivity index (χ1v) is 39.4. The lowest BCUT2D eigenvalue weighted by atomic mass is 10.0. The predicted octanol–water partition coefficient (Wildman–Crippen LogP) is 25.9. The van der Waals surface area contributed by atoms with Crippen molar-refractivity contribution in [2.45, 2.75) is 469 Å². The number of allylic oxidation sites excluding steroid dienone is 2. The lowest BCUT2D eigenvalue weighted by Crippen LogP contribution is -2.45. The van der Waals surface area contributed by atoms with Crippen LogP contribution in [0.5, 0.6) is 0 Å². The standard InChI is InChI=1S/C79H155NO5/c1-3-5-7-9-11-13-15-17-18-19-41-44-48-51-55-59-63-67-71-77(82)76(75-81)80-78(83)72-68-64-60-56-52-49-45-42-39-37-35-33-31-29-27-25-23-21-20-22-24-26-28-30-32-34-36-38-40-43-46-50-54-58-62-66-70-74-85-79(84)73-69-65-61-57-53-47-16-14-12-10-8-6-4-2/h20,22,76-77,81-82H,3-19,21,23-75H2,1-2H3,(H,80,83)/b22-20-. The molecule has 0 fully saturated rings. The van der Waals surface area contributed by atoms with Gasteiger partial charge in [0.2, 0.25) is 5.91 Å². The molecule has 0 bridgehead atoms. The smallest absolute Gasteiger partial charge is 0.305 e. The summed E-state index contributed by atoms with van der Waals surface area (Å²) in [6, 6.07) is -0.538. The van der Waals surface area contributed by atoms with Gasteiger partial charge in [-0.05, 0) is 51.4 Å². The Hall–Kier alpha value is -1.40. The highest BCUT2D eigenvalue weighted by Crippen LogP contribution is 2.20. The van der Waals surface area contributed by atoms with E-state index in [1.165, 1.54) is 385 Å². The van der Waals surface area contributed by atoms with Gasteiger partial charge in [0, 0.05) is 12.8 Å². The molecule has 506 valence electrons. The van der Waals surface area contributed by atoms with E-state index in [0.717, 1.165) is 38.5 Å². The van der Waals surface area contributed by atoms with Crippen LogP contribution in [-0.4, -0.2) is 47.4 Å². The quantitative estimate of drug-likeness (QED) is 0.0320.